The molecule has 2 heterocycles. The van der Waals surface area contributed by atoms with Crippen molar-refractivity contribution < 1.29 is 19.4 Å². The van der Waals surface area contributed by atoms with Crippen molar-refractivity contribution in [1.82, 2.24) is 19.8 Å². The van der Waals surface area contributed by atoms with Gasteiger partial charge < -0.3 is 25.4 Å². The number of anilines is 1. The lowest BCUT2D eigenvalue weighted by molar-refractivity contribution is -0.152. The van der Waals surface area contributed by atoms with E-state index in [2.05, 4.69) is 9.97 Å². The molecule has 4 rings (SSSR count). The molecule has 0 aliphatic carbocycles. The molecule has 1 fully saturated rings. The van der Waals surface area contributed by atoms with E-state index >= 15 is 0 Å². The van der Waals surface area contributed by atoms with E-state index in [4.69, 9.17) is 22.1 Å². The number of halogens is 1. The van der Waals surface area contributed by atoms with Crippen molar-refractivity contribution in [2.24, 2.45) is 0 Å². The van der Waals surface area contributed by atoms with Crippen LogP contribution in [0.1, 0.15) is 11.1 Å². The second-order valence-electron chi connectivity index (χ2n) is 7.92. The van der Waals surface area contributed by atoms with Crippen molar-refractivity contribution in [3.63, 3.8) is 0 Å². The van der Waals surface area contributed by atoms with Gasteiger partial charge in [0, 0.05) is 38.2 Å². The summed E-state index contributed by atoms with van der Waals surface area (Å²) in [4.78, 5) is 37.6. The molecule has 2 aromatic carbocycles. The molecule has 176 valence electrons. The van der Waals surface area contributed by atoms with Gasteiger partial charge in [-0.15, -0.1) is 0 Å². The fourth-order valence-corrected chi connectivity index (χ4v) is 4.10. The first kappa shape index (κ1) is 23.5. The zero-order valence-corrected chi connectivity index (χ0v) is 19.3. The molecular weight excluding hydrogens is 458 g/mol. The van der Waals surface area contributed by atoms with Gasteiger partial charge in [-0.1, -0.05) is 23.7 Å². The first-order valence-electron chi connectivity index (χ1n) is 10.6. The number of benzene rings is 2. The Hall–Kier alpha value is -3.69. The number of hydrogen-bond acceptors (Lipinski definition) is 7. The van der Waals surface area contributed by atoms with Crippen LogP contribution in [0.2, 0.25) is 5.02 Å². The summed E-state index contributed by atoms with van der Waals surface area (Å²) in [5.41, 5.74) is 8.16. The lowest BCUT2D eigenvalue weighted by Crippen LogP contribution is -2.59. The third-order valence-electron chi connectivity index (χ3n) is 5.69. The van der Waals surface area contributed by atoms with Crippen molar-refractivity contribution >= 4 is 46.2 Å². The number of ether oxygens (including phenoxy) is 1. The molecule has 9 nitrogen and oxygen atoms in total. The smallest absolute Gasteiger partial charge is 0.248 e. The first-order valence-corrected chi connectivity index (χ1v) is 11.0. The molecule has 0 radical (unpaired) electrons. The number of nitrogens with two attached hydrogens (primary N) is 1. The van der Waals surface area contributed by atoms with Gasteiger partial charge in [0.15, 0.2) is 0 Å². The number of carbonyl (C=O) groups excluding carboxylic acids is 2. The van der Waals surface area contributed by atoms with Gasteiger partial charge >= 0.3 is 0 Å². The number of aromatic hydroxyl groups is 1. The van der Waals surface area contributed by atoms with E-state index in [1.165, 1.54) is 30.5 Å². The molecule has 0 spiro atoms. The maximum atomic E-state index is 13.2. The molecule has 1 saturated heterocycles. The number of carbonyl (C=O) groups is 2. The monoisotopic (exact) mass is 481 g/mol. The number of nitrogen functional groups attached to an aromatic ring is 1. The first-order chi connectivity index (χ1) is 16.4. The molecule has 0 unspecified atom stereocenters. The molecule has 2 amide bonds. The number of methoxy groups -OCH3 is 1. The summed E-state index contributed by atoms with van der Waals surface area (Å²) < 4.78 is 5.25. The fraction of sp³-hybridized carbons (Fsp3) is 0.250. The Kier molecular flexibility index (Phi) is 6.95. The van der Waals surface area contributed by atoms with Gasteiger partial charge in [0.25, 0.3) is 0 Å². The maximum absolute atomic E-state index is 13.2. The average Bonchev–Trinajstić information content (AvgIpc) is 2.82. The Morgan fingerprint density at radius 1 is 1.26 bits per heavy atom. The molecule has 3 N–H and O–H groups in total. The number of hydrogen-bond donors (Lipinski definition) is 2. The van der Waals surface area contributed by atoms with E-state index in [0.717, 1.165) is 10.9 Å². The summed E-state index contributed by atoms with van der Waals surface area (Å²) in [5, 5.41) is 10.5. The largest absolute Gasteiger partial charge is 0.506 e. The number of piperazine rings is 1. The summed E-state index contributed by atoms with van der Waals surface area (Å²) in [5.74, 6) is -0.126. The Bertz CT molecular complexity index is 1270. The van der Waals surface area contributed by atoms with Crippen molar-refractivity contribution in [2.45, 2.75) is 12.6 Å². The molecule has 1 aromatic heterocycles. The van der Waals surface area contributed by atoms with Crippen LogP contribution in [0.25, 0.3) is 17.0 Å². The van der Waals surface area contributed by atoms with Crippen LogP contribution in [0.15, 0.2) is 48.8 Å². The topological polar surface area (TPSA) is 122 Å². The van der Waals surface area contributed by atoms with Gasteiger partial charge in [0.1, 0.15) is 23.9 Å². The predicted octanol–water partition coefficient (Wildman–Crippen LogP) is 2.47. The molecule has 1 aliphatic heterocycles. The summed E-state index contributed by atoms with van der Waals surface area (Å²) in [6, 6.07) is 9.53. The van der Waals surface area contributed by atoms with Crippen LogP contribution in [0.4, 0.5) is 5.82 Å². The van der Waals surface area contributed by atoms with Gasteiger partial charge in [-0.25, -0.2) is 9.97 Å². The number of phenolic OH excluding ortho intramolecular Hbond substituents is 1. The second-order valence-corrected chi connectivity index (χ2v) is 8.32. The number of nitrogens with zero attached hydrogens (tertiary/aromatic N) is 4. The van der Waals surface area contributed by atoms with E-state index < -0.39 is 6.04 Å². The van der Waals surface area contributed by atoms with Crippen LogP contribution in [0.5, 0.6) is 5.75 Å². The minimum Gasteiger partial charge on any atom is -0.506 e. The minimum absolute atomic E-state index is 0.0330. The Morgan fingerprint density at radius 3 is 2.85 bits per heavy atom. The van der Waals surface area contributed by atoms with Crippen LogP contribution in [0, 0.1) is 0 Å². The predicted molar refractivity (Wildman–Crippen MR) is 129 cm³/mol. The molecule has 1 aliphatic rings. The van der Waals surface area contributed by atoms with Gasteiger partial charge in [-0.05, 0) is 41.5 Å². The molecule has 0 bridgehead atoms. The standard InChI is InChI=1S/C24H24ClN5O4/c1-34-13-20-24(33)29(12-16-2-5-17-19(11-16)27-14-28-23(17)26)8-9-30(20)22(32)7-4-15-3-6-21(31)18(25)10-15/h2-7,10-11,14,20,31H,8-9,12-13H2,1H3,(H2,26,27,28)/b7-4+/t20-/m0/s1. The molecule has 0 saturated carbocycles. The normalized spacial score (nSPS) is 16.5. The maximum Gasteiger partial charge on any atom is 0.248 e. The Balaban J connectivity index is 1.48. The summed E-state index contributed by atoms with van der Waals surface area (Å²) in [6.45, 7) is 1.21. The highest BCUT2D eigenvalue weighted by Gasteiger charge is 2.36. The number of amides is 2. The Labute approximate surface area is 201 Å². The van der Waals surface area contributed by atoms with E-state index in [1.807, 2.05) is 18.2 Å². The van der Waals surface area contributed by atoms with E-state index in [1.54, 1.807) is 23.1 Å². The summed E-state index contributed by atoms with van der Waals surface area (Å²) >= 11 is 5.92. The van der Waals surface area contributed by atoms with E-state index in [9.17, 15) is 14.7 Å². The minimum atomic E-state index is -0.738. The van der Waals surface area contributed by atoms with Crippen LogP contribution in [0.3, 0.4) is 0 Å². The number of aromatic nitrogens is 2. The number of rotatable bonds is 6. The quantitative estimate of drug-likeness (QED) is 0.518. The zero-order chi connectivity index (χ0) is 24.2. The van der Waals surface area contributed by atoms with Crippen molar-refractivity contribution in [1.29, 1.82) is 0 Å². The number of fused-ring (bicyclic) bond motifs is 1. The molecular formula is C24H24ClN5O4. The summed E-state index contributed by atoms with van der Waals surface area (Å²) in [6.07, 6.45) is 4.39. The van der Waals surface area contributed by atoms with E-state index in [0.29, 0.717) is 36.5 Å². The highest BCUT2D eigenvalue weighted by Crippen LogP contribution is 2.25. The van der Waals surface area contributed by atoms with Crippen molar-refractivity contribution in [2.75, 3.05) is 32.5 Å². The second kappa shape index (κ2) is 10.1. The third-order valence-corrected chi connectivity index (χ3v) is 5.99. The summed E-state index contributed by atoms with van der Waals surface area (Å²) in [7, 11) is 1.50. The highest BCUT2D eigenvalue weighted by molar-refractivity contribution is 6.32. The van der Waals surface area contributed by atoms with Crippen molar-refractivity contribution in [3.05, 3.63) is 65.0 Å². The number of phenols is 1. The SMILES string of the molecule is COC[C@H]1C(=O)N(Cc2ccc3c(N)ncnc3c2)CCN1C(=O)/C=C/c1ccc(O)c(Cl)c1. The van der Waals surface area contributed by atoms with Crippen LogP contribution < -0.4 is 5.73 Å². The van der Waals surface area contributed by atoms with Gasteiger partial charge in [-0.3, -0.25) is 9.59 Å². The average molecular weight is 482 g/mol. The third kappa shape index (κ3) is 4.95. The fourth-order valence-electron chi connectivity index (χ4n) is 3.91. The van der Waals surface area contributed by atoms with Crippen LogP contribution >= 0.6 is 11.6 Å². The van der Waals surface area contributed by atoms with Gasteiger partial charge in [0.2, 0.25) is 11.8 Å². The Morgan fingerprint density at radius 2 is 2.09 bits per heavy atom. The van der Waals surface area contributed by atoms with Crippen LogP contribution in [-0.2, 0) is 20.9 Å². The molecule has 3 aromatic rings. The van der Waals surface area contributed by atoms with Crippen LogP contribution in [-0.4, -0.2) is 69.5 Å². The lowest BCUT2D eigenvalue weighted by atomic mass is 10.1. The molecule has 34 heavy (non-hydrogen) atoms. The van der Waals surface area contributed by atoms with Gasteiger partial charge in [-0.2, -0.15) is 0 Å². The highest BCUT2D eigenvalue weighted by atomic mass is 35.5. The molecule has 10 heteroatoms. The van der Waals surface area contributed by atoms with Crippen molar-refractivity contribution in [3.8, 4) is 5.75 Å². The van der Waals surface area contributed by atoms with E-state index in [-0.39, 0.29) is 29.2 Å². The lowest BCUT2D eigenvalue weighted by Gasteiger charge is -2.40. The van der Waals surface area contributed by atoms with Gasteiger partial charge in [0.05, 0.1) is 17.1 Å². The zero-order valence-electron chi connectivity index (χ0n) is 18.5. The molecule has 1 atom stereocenters.